The zero-order valence-corrected chi connectivity index (χ0v) is 13.6. The molecule has 2 amide bonds. The summed E-state index contributed by atoms with van der Waals surface area (Å²) < 4.78 is 10.6. The molecule has 128 valence electrons. The zero-order valence-electron chi connectivity index (χ0n) is 13.6. The Hall–Kier alpha value is -1.54. The second kappa shape index (κ2) is 8.79. The van der Waals surface area contributed by atoms with Gasteiger partial charge in [-0.05, 0) is 27.2 Å². The van der Waals surface area contributed by atoms with Crippen molar-refractivity contribution in [2.75, 3.05) is 39.4 Å². The lowest BCUT2D eigenvalue weighted by Gasteiger charge is -2.22. The number of amides is 2. The minimum absolute atomic E-state index is 0.100. The number of nitrogens with zero attached hydrogens (tertiary/aromatic N) is 1. The van der Waals surface area contributed by atoms with E-state index in [2.05, 4.69) is 15.5 Å². The van der Waals surface area contributed by atoms with Crippen LogP contribution in [0.3, 0.4) is 0 Å². The van der Waals surface area contributed by atoms with E-state index in [1.165, 1.54) is 0 Å². The van der Waals surface area contributed by atoms with Crippen molar-refractivity contribution in [1.29, 1.82) is 0 Å². The topological polar surface area (TPSA) is 100 Å². The summed E-state index contributed by atoms with van der Waals surface area (Å²) in [4.78, 5) is 24.1. The van der Waals surface area contributed by atoms with Gasteiger partial charge >= 0.3 is 12.2 Å². The molecule has 1 heterocycles. The standard InChI is InChI=1S/C14H27N3O5/c1-14(2,3)22-13(20)16-11-4-6-17(10-11)7-9-21-8-5-15-12(18)19/h11,15H,4-10H2,1-3H3,(H,16,20)(H,18,19)/t11-/m0/s1. The van der Waals surface area contributed by atoms with Crippen LogP contribution in [0.25, 0.3) is 0 Å². The molecule has 1 atom stereocenters. The SMILES string of the molecule is CC(C)(C)OC(=O)N[C@H]1CCN(CCOCCNC(=O)O)C1. The zero-order chi connectivity index (χ0) is 16.6. The van der Waals surface area contributed by atoms with Gasteiger partial charge in [-0.2, -0.15) is 0 Å². The smallest absolute Gasteiger partial charge is 0.407 e. The first kappa shape index (κ1) is 18.5. The van der Waals surface area contributed by atoms with E-state index in [9.17, 15) is 9.59 Å². The Bertz CT molecular complexity index is 370. The molecule has 0 aromatic heterocycles. The lowest BCUT2D eigenvalue weighted by molar-refractivity contribution is 0.0504. The van der Waals surface area contributed by atoms with E-state index in [0.717, 1.165) is 26.1 Å². The van der Waals surface area contributed by atoms with Crippen LogP contribution >= 0.6 is 0 Å². The van der Waals surface area contributed by atoms with Gasteiger partial charge in [0.05, 0.1) is 13.2 Å². The molecule has 1 aliphatic rings. The van der Waals surface area contributed by atoms with Gasteiger partial charge in [0.2, 0.25) is 0 Å². The van der Waals surface area contributed by atoms with Gasteiger partial charge in [0.25, 0.3) is 0 Å². The van der Waals surface area contributed by atoms with Gasteiger partial charge in [0.15, 0.2) is 0 Å². The summed E-state index contributed by atoms with van der Waals surface area (Å²) in [5, 5.41) is 13.5. The molecule has 0 saturated carbocycles. The number of nitrogens with one attached hydrogen (secondary N) is 2. The molecule has 0 spiro atoms. The highest BCUT2D eigenvalue weighted by Gasteiger charge is 2.25. The first-order valence-corrected chi connectivity index (χ1v) is 7.52. The fourth-order valence-electron chi connectivity index (χ4n) is 2.15. The van der Waals surface area contributed by atoms with Crippen molar-refractivity contribution in [2.45, 2.75) is 38.8 Å². The van der Waals surface area contributed by atoms with Crippen LogP contribution in [-0.4, -0.2) is 73.2 Å². The lowest BCUT2D eigenvalue weighted by atomic mass is 10.2. The van der Waals surface area contributed by atoms with Crippen LogP contribution < -0.4 is 10.6 Å². The Morgan fingerprint density at radius 3 is 2.68 bits per heavy atom. The molecule has 3 N–H and O–H groups in total. The third kappa shape index (κ3) is 8.68. The van der Waals surface area contributed by atoms with E-state index in [-0.39, 0.29) is 18.7 Å². The van der Waals surface area contributed by atoms with Crippen LogP contribution in [0.2, 0.25) is 0 Å². The second-order valence-corrected chi connectivity index (χ2v) is 6.28. The molecule has 0 aromatic rings. The number of hydrogen-bond acceptors (Lipinski definition) is 5. The molecule has 22 heavy (non-hydrogen) atoms. The van der Waals surface area contributed by atoms with Gasteiger partial charge in [0, 0.05) is 32.2 Å². The number of alkyl carbamates (subject to hydrolysis) is 1. The first-order chi connectivity index (χ1) is 10.3. The maximum atomic E-state index is 11.7. The van der Waals surface area contributed by atoms with E-state index in [1.807, 2.05) is 20.8 Å². The summed E-state index contributed by atoms with van der Waals surface area (Å²) in [6.07, 6.45) is -0.533. The predicted molar refractivity (Wildman–Crippen MR) is 81.1 cm³/mol. The largest absolute Gasteiger partial charge is 0.465 e. The summed E-state index contributed by atoms with van der Waals surface area (Å²) >= 11 is 0. The Labute approximate surface area is 131 Å². The molecule has 1 fully saturated rings. The number of carbonyl (C=O) groups excluding carboxylic acids is 1. The van der Waals surface area contributed by atoms with Gasteiger partial charge in [-0.25, -0.2) is 9.59 Å². The molecule has 8 nitrogen and oxygen atoms in total. The number of ether oxygens (including phenoxy) is 2. The minimum atomic E-state index is -1.04. The van der Waals surface area contributed by atoms with E-state index in [4.69, 9.17) is 14.6 Å². The molecule has 8 heteroatoms. The number of likely N-dealkylation sites (tertiary alicyclic amines) is 1. The van der Waals surface area contributed by atoms with Crippen LogP contribution in [0.5, 0.6) is 0 Å². The lowest BCUT2D eigenvalue weighted by Crippen LogP contribution is -2.40. The summed E-state index contributed by atoms with van der Waals surface area (Å²) in [5.41, 5.74) is -0.486. The van der Waals surface area contributed by atoms with Gasteiger partial charge < -0.3 is 25.2 Å². The number of hydrogen-bond donors (Lipinski definition) is 3. The van der Waals surface area contributed by atoms with Crippen molar-refractivity contribution < 1.29 is 24.2 Å². The average molecular weight is 317 g/mol. The highest BCUT2D eigenvalue weighted by atomic mass is 16.6. The highest BCUT2D eigenvalue weighted by Crippen LogP contribution is 2.11. The average Bonchev–Trinajstić information content (AvgIpc) is 2.78. The molecule has 0 aromatic carbocycles. The fraction of sp³-hybridized carbons (Fsp3) is 0.857. The maximum absolute atomic E-state index is 11.7. The van der Waals surface area contributed by atoms with Gasteiger partial charge in [-0.1, -0.05) is 0 Å². The van der Waals surface area contributed by atoms with Crippen molar-refractivity contribution in [3.05, 3.63) is 0 Å². The molecular formula is C14H27N3O5. The number of rotatable bonds is 7. The summed E-state index contributed by atoms with van der Waals surface area (Å²) in [5.74, 6) is 0. The van der Waals surface area contributed by atoms with Crippen molar-refractivity contribution >= 4 is 12.2 Å². The van der Waals surface area contributed by atoms with Crippen molar-refractivity contribution in [1.82, 2.24) is 15.5 Å². The Morgan fingerprint density at radius 2 is 2.05 bits per heavy atom. The van der Waals surface area contributed by atoms with Crippen LogP contribution in [0.15, 0.2) is 0 Å². The van der Waals surface area contributed by atoms with Crippen molar-refractivity contribution in [2.24, 2.45) is 0 Å². The molecular weight excluding hydrogens is 290 g/mol. The van der Waals surface area contributed by atoms with E-state index in [0.29, 0.717) is 13.2 Å². The van der Waals surface area contributed by atoms with Crippen LogP contribution in [0.1, 0.15) is 27.2 Å². The fourth-order valence-corrected chi connectivity index (χ4v) is 2.15. The molecule has 0 unspecified atom stereocenters. The van der Waals surface area contributed by atoms with E-state index >= 15 is 0 Å². The normalized spacial score (nSPS) is 19.0. The molecule has 1 rings (SSSR count). The van der Waals surface area contributed by atoms with Crippen LogP contribution in [0.4, 0.5) is 9.59 Å². The molecule has 0 radical (unpaired) electrons. The quantitative estimate of drug-likeness (QED) is 0.603. The molecule has 1 aliphatic heterocycles. The van der Waals surface area contributed by atoms with Gasteiger partial charge in [0.1, 0.15) is 5.60 Å². The number of carboxylic acid groups (broad SMARTS) is 1. The first-order valence-electron chi connectivity index (χ1n) is 7.52. The predicted octanol–water partition coefficient (Wildman–Crippen LogP) is 0.870. The third-order valence-corrected chi connectivity index (χ3v) is 3.07. The molecule has 0 aliphatic carbocycles. The second-order valence-electron chi connectivity index (χ2n) is 6.28. The van der Waals surface area contributed by atoms with Gasteiger partial charge in [-0.3, -0.25) is 4.90 Å². The third-order valence-electron chi connectivity index (χ3n) is 3.07. The highest BCUT2D eigenvalue weighted by molar-refractivity contribution is 5.68. The summed E-state index contributed by atoms with van der Waals surface area (Å²) in [6.45, 7) is 9.14. The maximum Gasteiger partial charge on any atom is 0.407 e. The van der Waals surface area contributed by atoms with Crippen molar-refractivity contribution in [3.63, 3.8) is 0 Å². The Morgan fingerprint density at radius 1 is 1.32 bits per heavy atom. The molecule has 0 bridgehead atoms. The Kier molecular flexibility index (Phi) is 7.40. The van der Waals surface area contributed by atoms with E-state index in [1.54, 1.807) is 0 Å². The number of carbonyl (C=O) groups is 2. The summed E-state index contributed by atoms with van der Waals surface area (Å²) in [6, 6.07) is 0.100. The summed E-state index contributed by atoms with van der Waals surface area (Å²) in [7, 11) is 0. The van der Waals surface area contributed by atoms with Gasteiger partial charge in [-0.15, -0.1) is 0 Å². The minimum Gasteiger partial charge on any atom is -0.465 e. The van der Waals surface area contributed by atoms with E-state index < -0.39 is 11.7 Å². The molecule has 1 saturated heterocycles. The van der Waals surface area contributed by atoms with Crippen molar-refractivity contribution in [3.8, 4) is 0 Å². The van der Waals surface area contributed by atoms with Crippen LogP contribution in [-0.2, 0) is 9.47 Å². The van der Waals surface area contributed by atoms with Crippen LogP contribution in [0, 0.1) is 0 Å². The monoisotopic (exact) mass is 317 g/mol. The Balaban J connectivity index is 2.08.